The molecule has 6 nitrogen and oxygen atoms in total. The van der Waals surface area contributed by atoms with Gasteiger partial charge in [0.1, 0.15) is 0 Å². The van der Waals surface area contributed by atoms with Gasteiger partial charge in [-0.25, -0.2) is 0 Å². The Balaban J connectivity index is 2.30. The van der Waals surface area contributed by atoms with E-state index in [1.54, 1.807) is 0 Å². The van der Waals surface area contributed by atoms with E-state index in [4.69, 9.17) is 4.74 Å². The molecule has 7 heteroatoms. The minimum absolute atomic E-state index is 0.0119. The van der Waals surface area contributed by atoms with Gasteiger partial charge in [-0.2, -0.15) is 0 Å². The molecule has 0 aliphatic heterocycles. The molecule has 1 unspecified atom stereocenters. The summed E-state index contributed by atoms with van der Waals surface area (Å²) in [5.74, 6) is 1.99. The van der Waals surface area contributed by atoms with Crippen LogP contribution in [0.3, 0.4) is 0 Å². The number of amides is 1. The van der Waals surface area contributed by atoms with Crippen molar-refractivity contribution in [2.45, 2.75) is 77.8 Å². The van der Waals surface area contributed by atoms with Gasteiger partial charge in [0.05, 0.1) is 17.1 Å². The average Bonchev–Trinajstić information content (AvgIpc) is 2.88. The zero-order valence-electron chi connectivity index (χ0n) is 18.2. The molecule has 1 aromatic rings. The molecule has 1 heterocycles. The van der Waals surface area contributed by atoms with Crippen molar-refractivity contribution in [2.75, 3.05) is 18.9 Å². The highest BCUT2D eigenvalue weighted by atomic mass is 32.2. The van der Waals surface area contributed by atoms with Crippen LogP contribution in [-0.4, -0.2) is 45.2 Å². The normalized spacial score (nSPS) is 13.1. The molecule has 1 rings (SSSR count). The predicted molar refractivity (Wildman–Crippen MR) is 115 cm³/mol. The predicted octanol–water partition coefficient (Wildman–Crippen LogP) is 4.39. The first-order chi connectivity index (χ1) is 13.1. The molecule has 0 fully saturated rings. The second-order valence-corrected chi connectivity index (χ2v) is 9.55. The number of carbonyl (C=O) groups is 1. The van der Waals surface area contributed by atoms with Gasteiger partial charge in [0.15, 0.2) is 5.88 Å². The fourth-order valence-corrected chi connectivity index (χ4v) is 3.52. The van der Waals surface area contributed by atoms with E-state index in [0.717, 1.165) is 18.6 Å². The van der Waals surface area contributed by atoms with Crippen molar-refractivity contribution in [3.05, 3.63) is 6.07 Å². The number of ether oxygens (including phenoxy) is 1. The number of hydrogen-bond donors (Lipinski definition) is 3. The third kappa shape index (κ3) is 8.35. The Hall–Kier alpha value is -1.34. The van der Waals surface area contributed by atoms with Crippen molar-refractivity contribution in [1.29, 1.82) is 0 Å². The summed E-state index contributed by atoms with van der Waals surface area (Å²) in [5.41, 5.74) is -0.204. The lowest BCUT2D eigenvalue weighted by Crippen LogP contribution is -2.32. The quantitative estimate of drug-likeness (QED) is 0.329. The topological polar surface area (TPSA) is 83.7 Å². The van der Waals surface area contributed by atoms with Gasteiger partial charge in [-0.1, -0.05) is 27.7 Å². The Morgan fingerprint density at radius 1 is 1.32 bits per heavy atom. The SMILES string of the molecule is CCSc1cc(O)n(CCC(=O)NCCOC(C)(C)CCC(C)C(C)C)c1O. The Kier molecular flexibility index (Phi) is 10.2. The van der Waals surface area contributed by atoms with Crippen LogP contribution in [0.4, 0.5) is 0 Å². The molecule has 0 aromatic carbocycles. The average molecular weight is 415 g/mol. The maximum absolute atomic E-state index is 12.0. The molecule has 3 N–H and O–H groups in total. The second-order valence-electron chi connectivity index (χ2n) is 8.24. The van der Waals surface area contributed by atoms with Crippen LogP contribution >= 0.6 is 11.8 Å². The maximum atomic E-state index is 12.0. The van der Waals surface area contributed by atoms with Gasteiger partial charge in [-0.05, 0) is 44.3 Å². The van der Waals surface area contributed by atoms with Crippen molar-refractivity contribution in [3.8, 4) is 11.8 Å². The lowest BCUT2D eigenvalue weighted by molar-refractivity contribution is -0.122. The number of carbonyl (C=O) groups excluding carboxylic acids is 1. The van der Waals surface area contributed by atoms with E-state index in [1.165, 1.54) is 22.4 Å². The first kappa shape index (κ1) is 24.7. The van der Waals surface area contributed by atoms with Crippen molar-refractivity contribution in [2.24, 2.45) is 11.8 Å². The number of rotatable bonds is 13. The van der Waals surface area contributed by atoms with E-state index in [2.05, 4.69) is 39.9 Å². The molecule has 0 aliphatic carbocycles. The minimum Gasteiger partial charge on any atom is -0.494 e. The third-order valence-corrected chi connectivity index (χ3v) is 6.03. The highest BCUT2D eigenvalue weighted by Gasteiger charge is 2.20. The molecule has 162 valence electrons. The molecule has 0 bridgehead atoms. The molecule has 0 spiro atoms. The molecule has 1 amide bonds. The summed E-state index contributed by atoms with van der Waals surface area (Å²) >= 11 is 1.45. The molecule has 1 atom stereocenters. The van der Waals surface area contributed by atoms with Gasteiger partial charge in [0.2, 0.25) is 11.8 Å². The number of aromatic nitrogens is 1. The smallest absolute Gasteiger partial charge is 0.221 e. The third-order valence-electron chi connectivity index (χ3n) is 5.13. The summed E-state index contributed by atoms with van der Waals surface area (Å²) in [6.45, 7) is 14.0. The largest absolute Gasteiger partial charge is 0.494 e. The summed E-state index contributed by atoms with van der Waals surface area (Å²) in [6.07, 6.45) is 2.30. The zero-order valence-corrected chi connectivity index (χ0v) is 19.1. The van der Waals surface area contributed by atoms with Crippen LogP contribution in [0.15, 0.2) is 11.0 Å². The van der Waals surface area contributed by atoms with Gasteiger partial charge in [0.25, 0.3) is 0 Å². The van der Waals surface area contributed by atoms with Crippen LogP contribution in [0.25, 0.3) is 0 Å². The number of nitrogens with one attached hydrogen (secondary N) is 1. The Morgan fingerprint density at radius 3 is 2.61 bits per heavy atom. The number of nitrogens with zero attached hydrogens (tertiary/aromatic N) is 1. The fourth-order valence-electron chi connectivity index (χ4n) is 2.78. The maximum Gasteiger partial charge on any atom is 0.221 e. The van der Waals surface area contributed by atoms with E-state index in [-0.39, 0.29) is 36.2 Å². The summed E-state index contributed by atoms with van der Waals surface area (Å²) in [4.78, 5) is 12.7. The number of thioether (sulfide) groups is 1. The molecule has 0 saturated heterocycles. The number of aromatic hydroxyl groups is 2. The summed E-state index contributed by atoms with van der Waals surface area (Å²) in [6, 6.07) is 1.53. The van der Waals surface area contributed by atoms with Crippen molar-refractivity contribution < 1.29 is 19.7 Å². The molecule has 0 aliphatic rings. The van der Waals surface area contributed by atoms with E-state index in [0.29, 0.717) is 29.9 Å². The van der Waals surface area contributed by atoms with E-state index < -0.39 is 0 Å². The van der Waals surface area contributed by atoms with Gasteiger partial charge in [-0.15, -0.1) is 11.8 Å². The van der Waals surface area contributed by atoms with Crippen LogP contribution in [0.1, 0.15) is 60.8 Å². The standard InChI is InChI=1S/C21H38N2O4S/c1-7-28-17-14-19(25)23(20(17)26)12-9-18(24)22-11-13-27-21(5,6)10-8-16(4)15(2)3/h14-16,25-26H,7-13H2,1-6H3,(H,22,24). The molecule has 0 saturated carbocycles. The molecule has 0 radical (unpaired) electrons. The summed E-state index contributed by atoms with van der Waals surface area (Å²) in [5, 5.41) is 22.9. The highest BCUT2D eigenvalue weighted by Crippen LogP contribution is 2.35. The lowest BCUT2D eigenvalue weighted by atomic mass is 9.89. The Bertz CT molecular complexity index is 614. The molecule has 28 heavy (non-hydrogen) atoms. The van der Waals surface area contributed by atoms with Gasteiger partial charge in [-0.3, -0.25) is 9.36 Å². The van der Waals surface area contributed by atoms with Gasteiger partial charge in [0, 0.05) is 25.6 Å². The lowest BCUT2D eigenvalue weighted by Gasteiger charge is -2.28. The number of hydrogen-bond acceptors (Lipinski definition) is 5. The van der Waals surface area contributed by atoms with Gasteiger partial charge >= 0.3 is 0 Å². The van der Waals surface area contributed by atoms with Crippen molar-refractivity contribution in [3.63, 3.8) is 0 Å². The first-order valence-electron chi connectivity index (χ1n) is 10.2. The van der Waals surface area contributed by atoms with Crippen LogP contribution in [-0.2, 0) is 16.1 Å². The van der Waals surface area contributed by atoms with Gasteiger partial charge < -0.3 is 20.3 Å². The molecular weight excluding hydrogens is 376 g/mol. The van der Waals surface area contributed by atoms with E-state index in [9.17, 15) is 15.0 Å². The van der Waals surface area contributed by atoms with Crippen LogP contribution < -0.4 is 5.32 Å². The molecular formula is C21H38N2O4S. The van der Waals surface area contributed by atoms with Crippen LogP contribution in [0.5, 0.6) is 11.8 Å². The van der Waals surface area contributed by atoms with Crippen LogP contribution in [0.2, 0.25) is 0 Å². The minimum atomic E-state index is -0.204. The van der Waals surface area contributed by atoms with Crippen molar-refractivity contribution >= 4 is 17.7 Å². The first-order valence-corrected chi connectivity index (χ1v) is 11.2. The summed E-state index contributed by atoms with van der Waals surface area (Å²) < 4.78 is 7.29. The van der Waals surface area contributed by atoms with Crippen LogP contribution in [0, 0.1) is 11.8 Å². The van der Waals surface area contributed by atoms with E-state index in [1.807, 2.05) is 6.92 Å². The zero-order chi connectivity index (χ0) is 21.3. The van der Waals surface area contributed by atoms with E-state index >= 15 is 0 Å². The Morgan fingerprint density at radius 2 is 2.00 bits per heavy atom. The highest BCUT2D eigenvalue weighted by molar-refractivity contribution is 7.99. The second kappa shape index (κ2) is 11.6. The Labute approximate surface area is 174 Å². The molecule has 1 aromatic heterocycles. The summed E-state index contributed by atoms with van der Waals surface area (Å²) in [7, 11) is 0. The van der Waals surface area contributed by atoms with Crippen molar-refractivity contribution in [1.82, 2.24) is 9.88 Å². The fraction of sp³-hybridized carbons (Fsp3) is 0.762. The monoisotopic (exact) mass is 414 g/mol.